The van der Waals surface area contributed by atoms with Gasteiger partial charge in [-0.2, -0.15) is 5.06 Å². The van der Waals surface area contributed by atoms with Crippen molar-refractivity contribution in [2.24, 2.45) is 11.1 Å². The Bertz CT molecular complexity index is 424. The Morgan fingerprint density at radius 1 is 1.56 bits per heavy atom. The van der Waals surface area contributed by atoms with Gasteiger partial charge < -0.3 is 15.9 Å². The molecule has 0 saturated heterocycles. The molecule has 2 fully saturated rings. The van der Waals surface area contributed by atoms with E-state index in [0.717, 1.165) is 18.4 Å². The van der Waals surface area contributed by atoms with Crippen LogP contribution in [0.5, 0.6) is 0 Å². The first-order valence-electron chi connectivity index (χ1n) is 6.06. The molecule has 2 saturated carbocycles. The molecule has 3 unspecified atom stereocenters. The monoisotopic (exact) mass is 256 g/mol. The van der Waals surface area contributed by atoms with Crippen LogP contribution in [0.2, 0.25) is 0 Å². The van der Waals surface area contributed by atoms with Gasteiger partial charge in [-0.25, -0.2) is 4.79 Å². The van der Waals surface area contributed by atoms with E-state index in [2.05, 4.69) is 0 Å². The number of urea groups is 1. The largest absolute Gasteiger partial charge is 0.393 e. The zero-order valence-electron chi connectivity index (χ0n) is 10.8. The number of aliphatic hydroxyl groups is 2. The molecule has 3 atom stereocenters. The second-order valence-corrected chi connectivity index (χ2v) is 5.60. The second kappa shape index (κ2) is 3.69. The lowest BCUT2D eigenvalue weighted by atomic mass is 9.90. The van der Waals surface area contributed by atoms with Crippen molar-refractivity contribution >= 4 is 6.03 Å². The lowest BCUT2D eigenvalue weighted by molar-refractivity contribution is -0.0657. The van der Waals surface area contributed by atoms with Gasteiger partial charge in [0, 0.05) is 5.41 Å². The Hall–Kier alpha value is -1.11. The molecule has 0 bridgehead atoms. The van der Waals surface area contributed by atoms with Crippen molar-refractivity contribution in [3.63, 3.8) is 0 Å². The number of hydrogen-bond acceptors (Lipinski definition) is 4. The Morgan fingerprint density at radius 3 is 2.39 bits per heavy atom. The number of carbonyl (C=O) groups excluding carboxylic acids is 1. The molecule has 0 aromatic rings. The third-order valence-corrected chi connectivity index (χ3v) is 4.48. The Morgan fingerprint density at radius 2 is 2.06 bits per heavy atom. The number of aliphatic hydroxyl groups excluding tert-OH is 1. The van der Waals surface area contributed by atoms with Crippen LogP contribution < -0.4 is 5.73 Å². The van der Waals surface area contributed by atoms with Gasteiger partial charge in [-0.05, 0) is 39.2 Å². The summed E-state index contributed by atoms with van der Waals surface area (Å²) in [6, 6.07) is -1.80. The summed E-state index contributed by atoms with van der Waals surface area (Å²) in [5, 5.41) is 29.9. The summed E-state index contributed by atoms with van der Waals surface area (Å²) in [6.07, 6.45) is 1.19. The van der Waals surface area contributed by atoms with Crippen LogP contribution in [-0.2, 0) is 0 Å². The number of hydroxylamine groups is 2. The third kappa shape index (κ3) is 1.64. The maximum atomic E-state index is 11.0. The fraction of sp³-hybridized carbons (Fsp3) is 0.750. The summed E-state index contributed by atoms with van der Waals surface area (Å²) in [5.41, 5.74) is 4.86. The summed E-state index contributed by atoms with van der Waals surface area (Å²) in [4.78, 5) is 11.0. The molecule has 0 aromatic carbocycles. The number of hydrogen-bond donors (Lipinski definition) is 4. The van der Waals surface area contributed by atoms with E-state index in [1.54, 1.807) is 6.92 Å². The SMILES string of the molecule is C/C(=C1/C(N(O)C(N)=O)C1(C)O)C1(C(C)O)CC1. The van der Waals surface area contributed by atoms with Crippen molar-refractivity contribution in [2.75, 3.05) is 0 Å². The minimum atomic E-state index is -1.27. The predicted molar refractivity (Wildman–Crippen MR) is 63.7 cm³/mol. The van der Waals surface area contributed by atoms with E-state index >= 15 is 0 Å². The molecule has 0 aliphatic heterocycles. The smallest absolute Gasteiger partial charge is 0.339 e. The van der Waals surface area contributed by atoms with E-state index in [1.807, 2.05) is 6.92 Å². The Balaban J connectivity index is 2.32. The van der Waals surface area contributed by atoms with E-state index in [1.165, 1.54) is 6.92 Å². The molecule has 0 spiro atoms. The molecule has 0 aromatic heterocycles. The maximum absolute atomic E-state index is 11.0. The van der Waals surface area contributed by atoms with Gasteiger partial charge in [-0.1, -0.05) is 5.57 Å². The van der Waals surface area contributed by atoms with Crippen LogP contribution in [0.3, 0.4) is 0 Å². The summed E-state index contributed by atoms with van der Waals surface area (Å²) in [7, 11) is 0. The van der Waals surface area contributed by atoms with Gasteiger partial charge in [-0.3, -0.25) is 5.21 Å². The first kappa shape index (κ1) is 13.3. The molecule has 6 heteroatoms. The molecular formula is C12H20N2O4. The standard InChI is InChI=1S/C12H20N2O4/c1-6(12(4-5-12)7(2)15)8-9(11(8,3)17)14(18)10(13)16/h7,9,15,17-18H,4-5H2,1-3H3,(H2,13,16)/b8-6+. The van der Waals surface area contributed by atoms with Crippen LogP contribution in [0, 0.1) is 5.41 Å². The summed E-state index contributed by atoms with van der Waals surface area (Å²) in [5.74, 6) is 0. The number of rotatable bonds is 3. The Labute approximate surface area is 106 Å². The maximum Gasteiger partial charge on any atom is 0.339 e. The highest BCUT2D eigenvalue weighted by Gasteiger charge is 2.64. The number of carbonyl (C=O) groups is 1. The zero-order chi connectivity index (χ0) is 13.9. The summed E-state index contributed by atoms with van der Waals surface area (Å²) in [6.45, 7) is 5.08. The first-order chi connectivity index (χ1) is 8.16. The highest BCUT2D eigenvalue weighted by atomic mass is 16.5. The van der Waals surface area contributed by atoms with E-state index in [0.29, 0.717) is 10.6 Å². The lowest BCUT2D eigenvalue weighted by Crippen LogP contribution is -2.38. The molecule has 2 rings (SSSR count). The highest BCUT2D eigenvalue weighted by molar-refractivity contribution is 5.74. The van der Waals surface area contributed by atoms with Gasteiger partial charge in [0.25, 0.3) is 0 Å². The van der Waals surface area contributed by atoms with Gasteiger partial charge in [0.15, 0.2) is 0 Å². The molecule has 0 radical (unpaired) electrons. The molecule has 2 aliphatic rings. The number of nitrogens with two attached hydrogens (primary N) is 1. The van der Waals surface area contributed by atoms with Crippen molar-refractivity contribution < 1.29 is 20.2 Å². The minimum Gasteiger partial charge on any atom is -0.393 e. The molecule has 6 nitrogen and oxygen atoms in total. The normalized spacial score (nSPS) is 36.9. The van der Waals surface area contributed by atoms with Gasteiger partial charge in [0.1, 0.15) is 11.6 Å². The minimum absolute atomic E-state index is 0.313. The van der Waals surface area contributed by atoms with Crippen molar-refractivity contribution in [3.05, 3.63) is 11.1 Å². The first-order valence-corrected chi connectivity index (χ1v) is 6.06. The van der Waals surface area contributed by atoms with Crippen LogP contribution in [0.15, 0.2) is 11.1 Å². The molecule has 102 valence electrons. The topological polar surface area (TPSA) is 107 Å². The molecule has 2 amide bonds. The predicted octanol–water partition coefficient (Wildman–Crippen LogP) is 0.367. The van der Waals surface area contributed by atoms with Crippen molar-refractivity contribution in [1.29, 1.82) is 0 Å². The summed E-state index contributed by atoms with van der Waals surface area (Å²) >= 11 is 0. The number of nitrogens with zero attached hydrogens (tertiary/aromatic N) is 1. The van der Waals surface area contributed by atoms with Crippen LogP contribution >= 0.6 is 0 Å². The van der Waals surface area contributed by atoms with Gasteiger partial charge >= 0.3 is 6.03 Å². The fourth-order valence-electron chi connectivity index (χ4n) is 2.99. The molecular weight excluding hydrogens is 236 g/mol. The second-order valence-electron chi connectivity index (χ2n) is 5.60. The van der Waals surface area contributed by atoms with E-state index in [9.17, 15) is 20.2 Å². The van der Waals surface area contributed by atoms with E-state index in [4.69, 9.17) is 5.73 Å². The molecule has 0 heterocycles. The van der Waals surface area contributed by atoms with Crippen LogP contribution in [0.4, 0.5) is 4.79 Å². The quantitative estimate of drug-likeness (QED) is 0.332. The highest BCUT2D eigenvalue weighted by Crippen LogP contribution is 2.60. The molecule has 18 heavy (non-hydrogen) atoms. The van der Waals surface area contributed by atoms with E-state index in [-0.39, 0.29) is 5.41 Å². The number of amides is 2. The van der Waals surface area contributed by atoms with Crippen molar-refractivity contribution in [2.45, 2.75) is 51.4 Å². The summed E-state index contributed by atoms with van der Waals surface area (Å²) < 4.78 is 0. The zero-order valence-corrected chi connectivity index (χ0v) is 10.8. The molecule has 5 N–H and O–H groups in total. The lowest BCUT2D eigenvalue weighted by Gasteiger charge is -2.20. The van der Waals surface area contributed by atoms with Crippen molar-refractivity contribution in [3.8, 4) is 0 Å². The van der Waals surface area contributed by atoms with E-state index < -0.39 is 23.8 Å². The van der Waals surface area contributed by atoms with Crippen LogP contribution in [-0.4, -0.2) is 44.3 Å². The number of primary amides is 1. The van der Waals surface area contributed by atoms with Crippen LogP contribution in [0.1, 0.15) is 33.6 Å². The van der Waals surface area contributed by atoms with Crippen LogP contribution in [0.25, 0.3) is 0 Å². The molecule has 2 aliphatic carbocycles. The van der Waals surface area contributed by atoms with Gasteiger partial charge in [0.05, 0.1) is 6.10 Å². The Kier molecular flexibility index (Phi) is 2.73. The van der Waals surface area contributed by atoms with Gasteiger partial charge in [0.2, 0.25) is 0 Å². The average Bonchev–Trinajstić information content (AvgIpc) is 3.10. The van der Waals surface area contributed by atoms with Crippen molar-refractivity contribution in [1.82, 2.24) is 5.06 Å². The third-order valence-electron chi connectivity index (χ3n) is 4.48. The average molecular weight is 256 g/mol. The fourth-order valence-corrected chi connectivity index (χ4v) is 2.99. The van der Waals surface area contributed by atoms with Gasteiger partial charge in [-0.15, -0.1) is 0 Å².